The largest absolute Gasteiger partial charge is 0.346 e. The van der Waals surface area contributed by atoms with E-state index >= 15 is 0 Å². The molecule has 4 nitrogen and oxygen atoms in total. The molecule has 2 N–H and O–H groups in total. The number of rotatable bonds is 3. The van der Waals surface area contributed by atoms with Gasteiger partial charge in [-0.25, -0.2) is 4.79 Å². The van der Waals surface area contributed by atoms with Crippen LogP contribution in [0.15, 0.2) is 18.2 Å². The molecule has 1 aliphatic heterocycles. The van der Waals surface area contributed by atoms with Crippen LogP contribution in [0.1, 0.15) is 44.1 Å². The number of nitrogens with one attached hydrogen (secondary N) is 2. The molecule has 1 fully saturated rings. The predicted molar refractivity (Wildman–Crippen MR) is 75.9 cm³/mol. The summed E-state index contributed by atoms with van der Waals surface area (Å²) in [6, 6.07) is 6.63. The maximum absolute atomic E-state index is 11.2. The highest BCUT2D eigenvalue weighted by Gasteiger charge is 2.24. The zero-order chi connectivity index (χ0) is 13.2. The highest BCUT2D eigenvalue weighted by atomic mass is 16.2. The van der Waals surface area contributed by atoms with Crippen molar-refractivity contribution >= 4 is 17.4 Å². The maximum atomic E-state index is 11.2. The van der Waals surface area contributed by atoms with Gasteiger partial charge in [0.05, 0.1) is 11.4 Å². The summed E-state index contributed by atoms with van der Waals surface area (Å²) in [5, 5.41) is 10.3. The third kappa shape index (κ3) is 2.59. The van der Waals surface area contributed by atoms with Gasteiger partial charge in [-0.3, -0.25) is 0 Å². The van der Waals surface area contributed by atoms with E-state index in [0.717, 1.165) is 17.9 Å². The van der Waals surface area contributed by atoms with Gasteiger partial charge in [-0.2, -0.15) is 5.32 Å². The Kier molecular flexibility index (Phi) is 3.42. The second kappa shape index (κ2) is 5.21. The lowest BCUT2D eigenvalue weighted by Crippen LogP contribution is -2.32. The molecule has 1 aliphatic carbocycles. The molecule has 1 aromatic carbocycles. The SMILES string of the molecule is CCNC1CCC(c2ccc3c(c2)[N]C(=O)N3)CC1. The number of hydrogen-bond donors (Lipinski definition) is 2. The Labute approximate surface area is 114 Å². The van der Waals surface area contributed by atoms with E-state index in [1.807, 2.05) is 6.07 Å². The van der Waals surface area contributed by atoms with Gasteiger partial charge >= 0.3 is 6.03 Å². The maximum Gasteiger partial charge on any atom is 0.346 e. The molecule has 1 radical (unpaired) electrons. The summed E-state index contributed by atoms with van der Waals surface area (Å²) in [6.45, 7) is 3.22. The van der Waals surface area contributed by atoms with Crippen molar-refractivity contribution in [2.24, 2.45) is 0 Å². The summed E-state index contributed by atoms with van der Waals surface area (Å²) >= 11 is 0. The molecule has 0 aromatic heterocycles. The monoisotopic (exact) mass is 258 g/mol. The van der Waals surface area contributed by atoms with Gasteiger partial charge in [0.1, 0.15) is 0 Å². The molecule has 2 amide bonds. The minimum atomic E-state index is -0.247. The van der Waals surface area contributed by atoms with Crippen molar-refractivity contribution < 1.29 is 4.79 Å². The first kappa shape index (κ1) is 12.5. The topological polar surface area (TPSA) is 55.2 Å². The summed E-state index contributed by atoms with van der Waals surface area (Å²) in [6.07, 6.45) is 4.92. The Morgan fingerprint density at radius 1 is 1.32 bits per heavy atom. The van der Waals surface area contributed by atoms with E-state index in [0.29, 0.717) is 12.0 Å². The Morgan fingerprint density at radius 3 is 2.84 bits per heavy atom. The molecular formula is C15H20N3O. The number of carbonyl (C=O) groups is 1. The summed E-state index contributed by atoms with van der Waals surface area (Å²) in [5.74, 6) is 0.617. The van der Waals surface area contributed by atoms with E-state index in [1.54, 1.807) is 0 Å². The van der Waals surface area contributed by atoms with Gasteiger partial charge in [-0.15, -0.1) is 0 Å². The average molecular weight is 258 g/mol. The number of amides is 2. The summed E-state index contributed by atoms with van der Waals surface area (Å²) in [5.41, 5.74) is 2.97. The smallest absolute Gasteiger partial charge is 0.314 e. The molecule has 0 unspecified atom stereocenters. The second-order valence-electron chi connectivity index (χ2n) is 5.42. The molecule has 1 aromatic rings. The summed E-state index contributed by atoms with van der Waals surface area (Å²) in [7, 11) is 0. The Hall–Kier alpha value is -1.55. The molecule has 19 heavy (non-hydrogen) atoms. The first-order chi connectivity index (χ1) is 9.26. The van der Waals surface area contributed by atoms with Crippen LogP contribution >= 0.6 is 0 Å². The van der Waals surface area contributed by atoms with Gasteiger partial charge in [0.25, 0.3) is 0 Å². The van der Waals surface area contributed by atoms with E-state index in [1.165, 1.54) is 31.2 Å². The first-order valence-electron chi connectivity index (χ1n) is 7.16. The minimum absolute atomic E-state index is 0.247. The van der Waals surface area contributed by atoms with Crippen molar-refractivity contribution in [3.63, 3.8) is 0 Å². The van der Waals surface area contributed by atoms with E-state index in [-0.39, 0.29) is 6.03 Å². The fourth-order valence-electron chi connectivity index (χ4n) is 3.17. The van der Waals surface area contributed by atoms with Crippen LogP contribution < -0.4 is 16.0 Å². The van der Waals surface area contributed by atoms with Crippen LogP contribution in [-0.4, -0.2) is 18.6 Å². The lowest BCUT2D eigenvalue weighted by molar-refractivity contribution is 0.256. The number of hydrogen-bond acceptors (Lipinski definition) is 2. The number of nitrogens with zero attached hydrogens (tertiary/aromatic N) is 1. The summed E-state index contributed by atoms with van der Waals surface area (Å²) < 4.78 is 0. The van der Waals surface area contributed by atoms with Crippen LogP contribution in [0.2, 0.25) is 0 Å². The molecular weight excluding hydrogens is 238 g/mol. The third-order valence-corrected chi connectivity index (χ3v) is 4.18. The fraction of sp³-hybridized carbons (Fsp3) is 0.533. The van der Waals surface area contributed by atoms with Crippen LogP contribution in [0.3, 0.4) is 0 Å². The number of anilines is 1. The van der Waals surface area contributed by atoms with Crippen molar-refractivity contribution in [2.45, 2.75) is 44.6 Å². The van der Waals surface area contributed by atoms with Gasteiger partial charge in [-0.1, -0.05) is 13.0 Å². The molecule has 3 rings (SSSR count). The molecule has 0 bridgehead atoms. The Balaban J connectivity index is 1.68. The van der Waals surface area contributed by atoms with E-state index < -0.39 is 0 Å². The van der Waals surface area contributed by atoms with Gasteiger partial charge in [0, 0.05) is 6.04 Å². The molecule has 101 valence electrons. The predicted octanol–water partition coefficient (Wildman–Crippen LogP) is 3.10. The van der Waals surface area contributed by atoms with Gasteiger partial charge < -0.3 is 10.6 Å². The summed E-state index contributed by atoms with van der Waals surface area (Å²) in [4.78, 5) is 11.2. The van der Waals surface area contributed by atoms with Crippen LogP contribution in [0.4, 0.5) is 16.2 Å². The van der Waals surface area contributed by atoms with Crippen LogP contribution in [0.5, 0.6) is 0 Å². The second-order valence-corrected chi connectivity index (χ2v) is 5.42. The van der Waals surface area contributed by atoms with Crippen LogP contribution in [-0.2, 0) is 0 Å². The fourth-order valence-corrected chi connectivity index (χ4v) is 3.17. The standard InChI is InChI=1S/C15H20N3O/c1-2-16-12-6-3-10(4-7-12)11-5-8-13-14(9-11)18-15(19)17-13/h5,8-10,12,16H,2-4,6-7H2,1H3,(H,17,19). The number of benzene rings is 1. The average Bonchev–Trinajstić information content (AvgIpc) is 2.79. The van der Waals surface area contributed by atoms with Gasteiger partial charge in [0.2, 0.25) is 0 Å². The van der Waals surface area contributed by atoms with Crippen molar-refractivity contribution in [1.82, 2.24) is 10.6 Å². The Morgan fingerprint density at radius 2 is 2.11 bits per heavy atom. The van der Waals surface area contributed by atoms with Gasteiger partial charge in [0.15, 0.2) is 0 Å². The molecule has 0 saturated heterocycles. The van der Waals surface area contributed by atoms with E-state index in [4.69, 9.17) is 0 Å². The van der Waals surface area contributed by atoms with Crippen LogP contribution in [0, 0.1) is 0 Å². The lowest BCUT2D eigenvalue weighted by atomic mass is 9.81. The number of fused-ring (bicyclic) bond motifs is 1. The van der Waals surface area contributed by atoms with E-state index in [9.17, 15) is 4.79 Å². The molecule has 0 atom stereocenters. The minimum Gasteiger partial charge on any atom is -0.314 e. The zero-order valence-corrected chi connectivity index (χ0v) is 11.3. The van der Waals surface area contributed by atoms with Crippen molar-refractivity contribution in [3.8, 4) is 0 Å². The highest BCUT2D eigenvalue weighted by Crippen LogP contribution is 2.37. The molecule has 4 heteroatoms. The third-order valence-electron chi connectivity index (χ3n) is 4.18. The van der Waals surface area contributed by atoms with Gasteiger partial charge in [-0.05, 0) is 55.8 Å². The number of urea groups is 1. The normalized spacial score (nSPS) is 25.6. The zero-order valence-electron chi connectivity index (χ0n) is 11.3. The highest BCUT2D eigenvalue weighted by molar-refractivity contribution is 6.02. The number of carbonyl (C=O) groups excluding carboxylic acids is 1. The van der Waals surface area contributed by atoms with Crippen molar-refractivity contribution in [2.75, 3.05) is 11.9 Å². The lowest BCUT2D eigenvalue weighted by Gasteiger charge is -2.29. The quantitative estimate of drug-likeness (QED) is 0.875. The Bertz CT molecular complexity index is 478. The van der Waals surface area contributed by atoms with Crippen LogP contribution in [0.25, 0.3) is 0 Å². The van der Waals surface area contributed by atoms with E-state index in [2.05, 4.69) is 35.0 Å². The van der Waals surface area contributed by atoms with Crippen molar-refractivity contribution in [1.29, 1.82) is 0 Å². The first-order valence-corrected chi connectivity index (χ1v) is 7.16. The molecule has 1 saturated carbocycles. The molecule has 0 spiro atoms. The molecule has 1 heterocycles. The van der Waals surface area contributed by atoms with Crippen molar-refractivity contribution in [3.05, 3.63) is 23.8 Å². The molecule has 2 aliphatic rings.